The molecule has 9 nitrogen and oxygen atoms in total. The van der Waals surface area contributed by atoms with Crippen molar-refractivity contribution in [2.75, 3.05) is 52.1 Å². The van der Waals surface area contributed by atoms with Crippen molar-refractivity contribution < 1.29 is 19.1 Å². The number of nitrogens with one attached hydrogen (secondary N) is 1. The topological polar surface area (TPSA) is 85.4 Å². The number of amides is 4. The maximum absolute atomic E-state index is 13.8. The fourth-order valence-electron chi connectivity index (χ4n) is 6.65. The van der Waals surface area contributed by atoms with E-state index in [-0.39, 0.29) is 18.0 Å². The summed E-state index contributed by atoms with van der Waals surface area (Å²) < 4.78 is 6.02. The van der Waals surface area contributed by atoms with Gasteiger partial charge in [0.25, 0.3) is 5.91 Å². The summed E-state index contributed by atoms with van der Waals surface area (Å²) in [4.78, 5) is 47.9. The molecule has 0 radical (unpaired) electrons. The van der Waals surface area contributed by atoms with Crippen molar-refractivity contribution in [2.45, 2.75) is 70.6 Å². The molecular formula is C33H44ClN5O4. The van der Waals surface area contributed by atoms with Crippen LogP contribution in [0, 0.1) is 13.8 Å². The summed E-state index contributed by atoms with van der Waals surface area (Å²) >= 11 is 6.41. The molecule has 1 N–H and O–H groups in total. The molecule has 3 heterocycles. The number of nitrogens with zero attached hydrogens (tertiary/aromatic N) is 4. The number of para-hydroxylation sites is 1. The Labute approximate surface area is 260 Å². The van der Waals surface area contributed by atoms with E-state index in [0.29, 0.717) is 63.1 Å². The van der Waals surface area contributed by atoms with Crippen molar-refractivity contribution in [3.8, 4) is 0 Å². The molecule has 5 rings (SSSR count). The van der Waals surface area contributed by atoms with Crippen molar-refractivity contribution in [3.63, 3.8) is 0 Å². The number of fused-ring (bicyclic) bond motifs is 1. The van der Waals surface area contributed by atoms with E-state index in [1.165, 1.54) is 0 Å². The van der Waals surface area contributed by atoms with Gasteiger partial charge in [-0.1, -0.05) is 41.9 Å². The normalized spacial score (nSPS) is 19.1. The van der Waals surface area contributed by atoms with E-state index < -0.39 is 12.2 Å². The highest BCUT2D eigenvalue weighted by Gasteiger charge is 2.35. The van der Waals surface area contributed by atoms with Crippen LogP contribution in [0.3, 0.4) is 0 Å². The van der Waals surface area contributed by atoms with E-state index in [1.807, 2.05) is 60.0 Å². The Morgan fingerprint density at radius 1 is 0.977 bits per heavy atom. The predicted molar refractivity (Wildman–Crippen MR) is 169 cm³/mol. The standard InChI is InChI=1S/C33H44ClN5O4/c1-22-19-24(20-23(2)30(22)34)21-29(31(40)37-14-10-26(11-15-37)36(3)4)43-33(42)38-16-12-27(13-17-38)39-18-9-25-7-5-6-8-28(25)35-32(39)41/h5-8,19-20,26-27,29H,9-18,21H2,1-4H3,(H,35,41). The maximum atomic E-state index is 13.8. The van der Waals surface area contributed by atoms with E-state index >= 15 is 0 Å². The molecule has 3 aliphatic rings. The number of likely N-dealkylation sites (tertiary alicyclic amines) is 2. The van der Waals surface area contributed by atoms with E-state index in [2.05, 4.69) is 24.3 Å². The molecule has 0 spiro atoms. The van der Waals surface area contributed by atoms with Crippen LogP contribution in [0.15, 0.2) is 36.4 Å². The van der Waals surface area contributed by atoms with Crippen LogP contribution >= 0.6 is 11.6 Å². The highest BCUT2D eigenvalue weighted by atomic mass is 35.5. The summed E-state index contributed by atoms with van der Waals surface area (Å²) in [5, 5.41) is 3.75. The van der Waals surface area contributed by atoms with Crippen LogP contribution in [0.1, 0.15) is 47.9 Å². The second-order valence-corrected chi connectivity index (χ2v) is 12.8. The average molecular weight is 610 g/mol. The second-order valence-electron chi connectivity index (χ2n) is 12.4. The molecule has 232 valence electrons. The molecule has 2 aromatic rings. The van der Waals surface area contributed by atoms with E-state index in [1.54, 1.807) is 4.90 Å². The lowest BCUT2D eigenvalue weighted by Gasteiger charge is -2.39. The maximum Gasteiger partial charge on any atom is 0.410 e. The van der Waals surface area contributed by atoms with E-state index in [4.69, 9.17) is 16.3 Å². The Balaban J connectivity index is 1.23. The molecule has 3 aliphatic heterocycles. The van der Waals surface area contributed by atoms with Gasteiger partial charge in [0.2, 0.25) is 0 Å². The predicted octanol–water partition coefficient (Wildman–Crippen LogP) is 5.11. The van der Waals surface area contributed by atoms with Crippen molar-refractivity contribution in [1.29, 1.82) is 0 Å². The Kier molecular flexibility index (Phi) is 9.82. The number of urea groups is 1. The van der Waals surface area contributed by atoms with Gasteiger partial charge in [-0.25, -0.2) is 9.59 Å². The zero-order valence-corrected chi connectivity index (χ0v) is 26.5. The number of carbonyl (C=O) groups excluding carboxylic acids is 3. The minimum absolute atomic E-state index is 0.0359. The number of benzene rings is 2. The molecule has 0 aromatic heterocycles. The number of hydrogen-bond acceptors (Lipinski definition) is 5. The van der Waals surface area contributed by atoms with Gasteiger partial charge < -0.3 is 29.7 Å². The summed E-state index contributed by atoms with van der Waals surface area (Å²) in [6, 6.07) is 12.2. The molecule has 10 heteroatoms. The Morgan fingerprint density at radius 2 is 1.60 bits per heavy atom. The molecule has 1 unspecified atom stereocenters. The Morgan fingerprint density at radius 3 is 2.26 bits per heavy atom. The van der Waals surface area contributed by atoms with Gasteiger partial charge in [-0.05, 0) is 88.4 Å². The van der Waals surface area contributed by atoms with Gasteiger partial charge in [-0.15, -0.1) is 0 Å². The van der Waals surface area contributed by atoms with Gasteiger partial charge in [0.05, 0.1) is 0 Å². The first-order valence-electron chi connectivity index (χ1n) is 15.4. The van der Waals surface area contributed by atoms with Crippen LogP contribution in [0.5, 0.6) is 0 Å². The van der Waals surface area contributed by atoms with Crippen molar-refractivity contribution in [3.05, 3.63) is 63.7 Å². The third-order valence-electron chi connectivity index (χ3n) is 9.25. The van der Waals surface area contributed by atoms with E-state index in [0.717, 1.165) is 47.2 Å². The first-order chi connectivity index (χ1) is 20.6. The van der Waals surface area contributed by atoms with Crippen LogP contribution in [-0.4, -0.2) is 103 Å². The van der Waals surface area contributed by atoms with Gasteiger partial charge in [-0.2, -0.15) is 0 Å². The number of anilines is 1. The second kappa shape index (κ2) is 13.6. The van der Waals surface area contributed by atoms with Crippen molar-refractivity contribution >= 4 is 35.3 Å². The van der Waals surface area contributed by atoms with E-state index in [9.17, 15) is 14.4 Å². The van der Waals surface area contributed by atoms with Crippen molar-refractivity contribution in [2.24, 2.45) is 0 Å². The molecule has 0 aliphatic carbocycles. The molecule has 0 saturated carbocycles. The van der Waals surface area contributed by atoms with Gasteiger partial charge in [0.1, 0.15) is 0 Å². The first kappa shape index (κ1) is 31.1. The summed E-state index contributed by atoms with van der Waals surface area (Å²) in [5.41, 5.74) is 4.78. The summed E-state index contributed by atoms with van der Waals surface area (Å²) in [6.07, 6.45) is 2.78. The molecule has 2 aromatic carbocycles. The van der Waals surface area contributed by atoms with Gasteiger partial charge >= 0.3 is 12.1 Å². The zero-order chi connectivity index (χ0) is 30.7. The van der Waals surface area contributed by atoms with Gasteiger partial charge in [-0.3, -0.25) is 4.79 Å². The lowest BCUT2D eigenvalue weighted by molar-refractivity contribution is -0.142. The van der Waals surface area contributed by atoms with Crippen LogP contribution in [0.2, 0.25) is 5.02 Å². The fourth-order valence-corrected chi connectivity index (χ4v) is 6.76. The average Bonchev–Trinajstić information content (AvgIpc) is 3.17. The monoisotopic (exact) mass is 609 g/mol. The SMILES string of the molecule is Cc1cc(CC(OC(=O)N2CCC(N3CCc4ccccc4NC3=O)CC2)C(=O)N2CCC(N(C)C)CC2)cc(C)c1Cl. The molecule has 2 saturated heterocycles. The third kappa shape index (κ3) is 7.27. The summed E-state index contributed by atoms with van der Waals surface area (Å²) in [7, 11) is 4.14. The fraction of sp³-hybridized carbons (Fsp3) is 0.545. The van der Waals surface area contributed by atoms with Crippen LogP contribution < -0.4 is 5.32 Å². The van der Waals surface area contributed by atoms with Crippen LogP contribution in [-0.2, 0) is 22.4 Å². The largest absolute Gasteiger partial charge is 0.436 e. The first-order valence-corrected chi connectivity index (χ1v) is 15.8. The third-order valence-corrected chi connectivity index (χ3v) is 9.84. The summed E-state index contributed by atoms with van der Waals surface area (Å²) in [5.74, 6) is -0.147. The quantitative estimate of drug-likeness (QED) is 0.492. The number of piperidine rings is 2. The number of carbonyl (C=O) groups is 3. The van der Waals surface area contributed by atoms with Gasteiger partial charge in [0.15, 0.2) is 6.10 Å². The molecule has 2 fully saturated rings. The minimum atomic E-state index is -0.920. The molecule has 0 bridgehead atoms. The lowest BCUT2D eigenvalue weighted by Crippen LogP contribution is -2.52. The molecule has 43 heavy (non-hydrogen) atoms. The number of aryl methyl sites for hydroxylation is 2. The Hall–Kier alpha value is -3.30. The molecule has 1 atom stereocenters. The van der Waals surface area contributed by atoms with Crippen LogP contribution in [0.4, 0.5) is 15.3 Å². The molecule has 4 amide bonds. The number of ether oxygens (including phenoxy) is 1. The minimum Gasteiger partial charge on any atom is -0.436 e. The number of rotatable bonds is 6. The zero-order valence-electron chi connectivity index (χ0n) is 25.8. The van der Waals surface area contributed by atoms with Gasteiger partial charge in [0, 0.05) is 61.9 Å². The smallest absolute Gasteiger partial charge is 0.410 e. The highest BCUT2D eigenvalue weighted by Crippen LogP contribution is 2.27. The summed E-state index contributed by atoms with van der Waals surface area (Å²) in [6.45, 7) is 6.74. The molecular weight excluding hydrogens is 566 g/mol. The Bertz CT molecular complexity index is 1310. The number of halogens is 1. The van der Waals surface area contributed by atoms with Crippen LogP contribution in [0.25, 0.3) is 0 Å². The number of hydrogen-bond donors (Lipinski definition) is 1. The lowest BCUT2D eigenvalue weighted by atomic mass is 9.99. The van der Waals surface area contributed by atoms with Crippen molar-refractivity contribution in [1.82, 2.24) is 19.6 Å². The highest BCUT2D eigenvalue weighted by molar-refractivity contribution is 6.32.